The van der Waals surface area contributed by atoms with Gasteiger partial charge in [-0.25, -0.2) is 0 Å². The van der Waals surface area contributed by atoms with Gasteiger partial charge in [0.05, 0.1) is 18.9 Å². The number of carbonyl (C=O) groups is 1. The zero-order valence-corrected chi connectivity index (χ0v) is 18.0. The first-order valence-corrected chi connectivity index (χ1v) is 10.6. The average molecular weight is 431 g/mol. The predicted molar refractivity (Wildman–Crippen MR) is 116 cm³/mol. The van der Waals surface area contributed by atoms with E-state index in [1.165, 1.54) is 11.8 Å². The third-order valence-electron chi connectivity index (χ3n) is 4.28. The molecule has 0 aliphatic rings. The summed E-state index contributed by atoms with van der Waals surface area (Å²) in [6, 6.07) is 15.6. The minimum atomic E-state index is -0.0895. The van der Waals surface area contributed by atoms with Crippen molar-refractivity contribution >= 4 is 29.3 Å². The molecule has 0 radical (unpaired) electrons. The van der Waals surface area contributed by atoms with Crippen molar-refractivity contribution in [2.24, 2.45) is 0 Å². The summed E-state index contributed by atoms with van der Waals surface area (Å²) in [7, 11) is 1.66. The molecule has 8 heteroatoms. The molecule has 2 aromatic carbocycles. The van der Waals surface area contributed by atoms with Crippen molar-refractivity contribution in [2.75, 3.05) is 19.5 Å². The second-order valence-corrected chi connectivity index (χ2v) is 7.83. The molecule has 0 aliphatic carbocycles. The number of nitrogens with one attached hydrogen (secondary N) is 1. The maximum atomic E-state index is 12.3. The van der Waals surface area contributed by atoms with Gasteiger partial charge in [0.25, 0.3) is 0 Å². The Labute approximate surface area is 179 Å². The fourth-order valence-corrected chi connectivity index (χ4v) is 3.79. The summed E-state index contributed by atoms with van der Waals surface area (Å²) in [5.74, 6) is 0.918. The third kappa shape index (κ3) is 5.82. The molecule has 3 aromatic rings. The molecule has 1 amide bonds. The summed E-state index contributed by atoms with van der Waals surface area (Å²) < 4.78 is 7.22. The molecular formula is C21H23ClN4O2S. The van der Waals surface area contributed by atoms with E-state index in [-0.39, 0.29) is 11.7 Å². The third-order valence-corrected chi connectivity index (χ3v) is 5.61. The van der Waals surface area contributed by atoms with Crippen molar-refractivity contribution in [1.82, 2.24) is 20.1 Å². The average Bonchev–Trinajstić information content (AvgIpc) is 3.13. The largest absolute Gasteiger partial charge is 0.383 e. The summed E-state index contributed by atoms with van der Waals surface area (Å²) in [5.41, 5.74) is 3.03. The SMILES string of the molecule is COCCn1c(SCC(=O)NCc2ccccc2Cl)nnc1-c1cccc(C)c1. The van der Waals surface area contributed by atoms with Crippen LogP contribution in [0.2, 0.25) is 5.02 Å². The van der Waals surface area contributed by atoms with E-state index < -0.39 is 0 Å². The highest BCUT2D eigenvalue weighted by Gasteiger charge is 2.16. The number of hydrogen-bond donors (Lipinski definition) is 1. The van der Waals surface area contributed by atoms with E-state index in [9.17, 15) is 4.79 Å². The molecule has 0 fully saturated rings. The van der Waals surface area contributed by atoms with Crippen LogP contribution >= 0.6 is 23.4 Å². The van der Waals surface area contributed by atoms with Gasteiger partial charge in [0.1, 0.15) is 0 Å². The lowest BCUT2D eigenvalue weighted by Gasteiger charge is -2.10. The molecule has 0 unspecified atom stereocenters. The topological polar surface area (TPSA) is 69.0 Å². The molecule has 29 heavy (non-hydrogen) atoms. The Hall–Kier alpha value is -2.35. The number of methoxy groups -OCH3 is 1. The minimum Gasteiger partial charge on any atom is -0.383 e. The summed E-state index contributed by atoms with van der Waals surface area (Å²) in [4.78, 5) is 12.3. The van der Waals surface area contributed by atoms with Gasteiger partial charge in [-0.2, -0.15) is 0 Å². The first-order chi connectivity index (χ1) is 14.1. The quantitative estimate of drug-likeness (QED) is 0.520. The Morgan fingerprint density at radius 3 is 2.79 bits per heavy atom. The second kappa shape index (κ2) is 10.4. The number of rotatable bonds is 9. The van der Waals surface area contributed by atoms with Gasteiger partial charge in [0.2, 0.25) is 5.91 Å². The number of amides is 1. The Morgan fingerprint density at radius 2 is 2.03 bits per heavy atom. The highest BCUT2D eigenvalue weighted by molar-refractivity contribution is 7.99. The molecule has 1 aromatic heterocycles. The molecule has 0 bridgehead atoms. The first kappa shape index (κ1) is 21.4. The van der Waals surface area contributed by atoms with E-state index in [0.29, 0.717) is 29.9 Å². The fraction of sp³-hybridized carbons (Fsp3) is 0.286. The number of aryl methyl sites for hydroxylation is 1. The van der Waals surface area contributed by atoms with Gasteiger partial charge < -0.3 is 10.1 Å². The van der Waals surface area contributed by atoms with Crippen LogP contribution in [-0.2, 0) is 22.6 Å². The molecule has 6 nitrogen and oxygen atoms in total. The summed E-state index contributed by atoms with van der Waals surface area (Å²) in [6.07, 6.45) is 0. The lowest BCUT2D eigenvalue weighted by Crippen LogP contribution is -2.25. The predicted octanol–water partition coefficient (Wildman–Crippen LogP) is 3.96. The van der Waals surface area contributed by atoms with Gasteiger partial charge in [-0.1, -0.05) is 65.3 Å². The maximum Gasteiger partial charge on any atom is 0.230 e. The molecule has 1 N–H and O–H groups in total. The monoisotopic (exact) mass is 430 g/mol. The Kier molecular flexibility index (Phi) is 7.69. The van der Waals surface area contributed by atoms with Gasteiger partial charge >= 0.3 is 0 Å². The number of aromatic nitrogens is 3. The lowest BCUT2D eigenvalue weighted by molar-refractivity contribution is -0.118. The van der Waals surface area contributed by atoms with Crippen LogP contribution in [0, 0.1) is 6.92 Å². The summed E-state index contributed by atoms with van der Waals surface area (Å²) in [5, 5.41) is 12.9. The number of nitrogens with zero attached hydrogens (tertiary/aromatic N) is 3. The van der Waals surface area contributed by atoms with Crippen LogP contribution < -0.4 is 5.32 Å². The zero-order chi connectivity index (χ0) is 20.6. The molecule has 0 aliphatic heterocycles. The Bertz CT molecular complexity index is 977. The number of ether oxygens (including phenoxy) is 1. The van der Waals surface area contributed by atoms with Crippen LogP contribution in [0.5, 0.6) is 0 Å². The molecule has 0 atom stereocenters. The number of thioether (sulfide) groups is 1. The Balaban J connectivity index is 1.66. The summed E-state index contributed by atoms with van der Waals surface area (Å²) >= 11 is 7.49. The Morgan fingerprint density at radius 1 is 1.21 bits per heavy atom. The van der Waals surface area contributed by atoms with E-state index in [1.807, 2.05) is 54.0 Å². The van der Waals surface area contributed by atoms with E-state index >= 15 is 0 Å². The highest BCUT2D eigenvalue weighted by Crippen LogP contribution is 2.24. The van der Waals surface area contributed by atoms with E-state index in [4.69, 9.17) is 16.3 Å². The van der Waals surface area contributed by atoms with Crippen LogP contribution in [0.4, 0.5) is 0 Å². The van der Waals surface area contributed by atoms with Crippen molar-refractivity contribution < 1.29 is 9.53 Å². The highest BCUT2D eigenvalue weighted by atomic mass is 35.5. The molecule has 0 saturated carbocycles. The van der Waals surface area contributed by atoms with Gasteiger partial charge in [-0.15, -0.1) is 10.2 Å². The second-order valence-electron chi connectivity index (χ2n) is 6.48. The van der Waals surface area contributed by atoms with Gasteiger partial charge in [-0.3, -0.25) is 9.36 Å². The lowest BCUT2D eigenvalue weighted by atomic mass is 10.1. The van der Waals surface area contributed by atoms with Crippen molar-refractivity contribution in [1.29, 1.82) is 0 Å². The molecular weight excluding hydrogens is 408 g/mol. The number of carbonyl (C=O) groups excluding carboxylic acids is 1. The van der Waals surface area contributed by atoms with E-state index in [1.54, 1.807) is 7.11 Å². The maximum absolute atomic E-state index is 12.3. The molecule has 1 heterocycles. The fourth-order valence-electron chi connectivity index (χ4n) is 2.79. The smallest absolute Gasteiger partial charge is 0.230 e. The van der Waals surface area contributed by atoms with E-state index in [2.05, 4.69) is 21.6 Å². The van der Waals surface area contributed by atoms with Crippen LogP contribution in [0.3, 0.4) is 0 Å². The van der Waals surface area contributed by atoms with Gasteiger partial charge in [0.15, 0.2) is 11.0 Å². The van der Waals surface area contributed by atoms with Crippen molar-refractivity contribution in [2.45, 2.75) is 25.2 Å². The van der Waals surface area contributed by atoms with Gasteiger partial charge in [0, 0.05) is 24.2 Å². The van der Waals surface area contributed by atoms with Crippen LogP contribution in [0.15, 0.2) is 53.7 Å². The summed E-state index contributed by atoms with van der Waals surface area (Å²) in [6.45, 7) is 3.57. The van der Waals surface area contributed by atoms with Crippen molar-refractivity contribution in [3.05, 3.63) is 64.7 Å². The van der Waals surface area contributed by atoms with Gasteiger partial charge in [-0.05, 0) is 24.6 Å². The molecule has 152 valence electrons. The standard InChI is InChI=1S/C21H23ClN4O2S/c1-15-6-5-8-16(12-15)20-24-25-21(26(20)10-11-28-2)29-14-19(27)23-13-17-7-3-4-9-18(17)22/h3-9,12H,10-11,13-14H2,1-2H3,(H,23,27). The van der Waals surface area contributed by atoms with Crippen LogP contribution in [0.1, 0.15) is 11.1 Å². The molecule has 3 rings (SSSR count). The normalized spacial score (nSPS) is 10.9. The van der Waals surface area contributed by atoms with Crippen molar-refractivity contribution in [3.63, 3.8) is 0 Å². The number of halogens is 1. The van der Waals surface area contributed by atoms with Crippen LogP contribution in [0.25, 0.3) is 11.4 Å². The first-order valence-electron chi connectivity index (χ1n) is 9.20. The van der Waals surface area contributed by atoms with Crippen molar-refractivity contribution in [3.8, 4) is 11.4 Å². The number of benzene rings is 2. The minimum absolute atomic E-state index is 0.0895. The molecule has 0 spiro atoms. The van der Waals surface area contributed by atoms with Crippen LogP contribution in [-0.4, -0.2) is 40.1 Å². The number of hydrogen-bond acceptors (Lipinski definition) is 5. The molecule has 0 saturated heterocycles. The van der Waals surface area contributed by atoms with E-state index in [0.717, 1.165) is 22.5 Å². The zero-order valence-electron chi connectivity index (χ0n) is 16.4.